The van der Waals surface area contributed by atoms with Crippen LogP contribution in [-0.4, -0.2) is 47.7 Å². The van der Waals surface area contributed by atoms with Gasteiger partial charge in [-0.15, -0.1) is 0 Å². The number of aliphatic hydroxyl groups excluding tert-OH is 1. The van der Waals surface area contributed by atoms with E-state index in [0.29, 0.717) is 24.6 Å². The van der Waals surface area contributed by atoms with Gasteiger partial charge in [0, 0.05) is 37.1 Å². The minimum atomic E-state index is -1.02. The molecule has 0 amide bonds. The maximum atomic E-state index is 10.6. The summed E-state index contributed by atoms with van der Waals surface area (Å²) in [6.45, 7) is 1.02. The zero-order valence-electron chi connectivity index (χ0n) is 13.6. The molecule has 5 rings (SSSR count). The average molecular weight is 317 g/mol. The van der Waals surface area contributed by atoms with Gasteiger partial charge < -0.3 is 19.7 Å². The molecule has 124 valence electrons. The third kappa shape index (κ3) is 1.53. The monoisotopic (exact) mass is 317 g/mol. The Morgan fingerprint density at radius 1 is 1.43 bits per heavy atom. The summed E-state index contributed by atoms with van der Waals surface area (Å²) in [6, 6.07) is 2.25. The molecule has 1 aromatic rings. The second kappa shape index (κ2) is 4.21. The fraction of sp³-hybridized carbons (Fsp3) is 0.667. The summed E-state index contributed by atoms with van der Waals surface area (Å²) < 4.78 is 11.8. The number of hydrogen-bond acceptors (Lipinski definition) is 5. The van der Waals surface area contributed by atoms with E-state index in [4.69, 9.17) is 9.47 Å². The topological polar surface area (TPSA) is 62.2 Å². The second-order valence-corrected chi connectivity index (χ2v) is 7.75. The second-order valence-electron chi connectivity index (χ2n) is 7.75. The molecule has 5 nitrogen and oxygen atoms in total. The lowest BCUT2D eigenvalue weighted by molar-refractivity contribution is -0.261. The van der Waals surface area contributed by atoms with Crippen LogP contribution < -0.4 is 4.74 Å². The van der Waals surface area contributed by atoms with Gasteiger partial charge >= 0.3 is 0 Å². The lowest BCUT2D eigenvalue weighted by atomic mass is 9.65. The molecule has 0 aromatic heterocycles. The lowest BCUT2D eigenvalue weighted by Gasteiger charge is -2.52. The zero-order chi connectivity index (χ0) is 16.0. The molecule has 23 heavy (non-hydrogen) atoms. The van der Waals surface area contributed by atoms with Gasteiger partial charge in [-0.25, -0.2) is 0 Å². The Morgan fingerprint density at radius 2 is 2.26 bits per heavy atom. The van der Waals surface area contributed by atoms with Crippen LogP contribution in [0, 0.1) is 0 Å². The van der Waals surface area contributed by atoms with Crippen molar-refractivity contribution in [3.8, 4) is 11.5 Å². The van der Waals surface area contributed by atoms with Crippen molar-refractivity contribution in [3.63, 3.8) is 0 Å². The first kappa shape index (κ1) is 14.1. The number of methoxy groups -OCH3 is 1. The van der Waals surface area contributed by atoms with Crippen LogP contribution in [0.2, 0.25) is 0 Å². The van der Waals surface area contributed by atoms with Crippen molar-refractivity contribution in [3.05, 3.63) is 22.8 Å². The number of rotatable bonds is 1. The SMILES string of the molecule is COC12C[C@]3(CCC1O)C[C@H]1c4c(cc(O)c(c43)O2)CCN1C. The third-order valence-electron chi connectivity index (χ3n) is 6.71. The summed E-state index contributed by atoms with van der Waals surface area (Å²) in [5.74, 6) is -0.278. The van der Waals surface area contributed by atoms with Gasteiger partial charge in [-0.05, 0) is 49.9 Å². The molecule has 1 spiro atoms. The first-order valence-electron chi connectivity index (χ1n) is 8.51. The minimum Gasteiger partial charge on any atom is -0.504 e. The Bertz CT molecular complexity index is 705. The summed E-state index contributed by atoms with van der Waals surface area (Å²) in [4.78, 5) is 2.42. The standard InChI is InChI=1S/C18H23NO4/c1-19-6-4-10-7-12(20)16-15-14(10)11(19)8-17(15)5-3-13(21)18(9-17,22-2)23-16/h7,11,13,20-21H,3-6,8-9H2,1-2H3/t11-,13?,17-,18?/m0/s1. The van der Waals surface area contributed by atoms with Crippen LogP contribution in [0.1, 0.15) is 48.4 Å². The summed E-state index contributed by atoms with van der Waals surface area (Å²) in [6.07, 6.45) is 3.62. The number of fused-ring (bicyclic) bond motifs is 1. The van der Waals surface area contributed by atoms with Gasteiger partial charge in [0.15, 0.2) is 11.5 Å². The van der Waals surface area contributed by atoms with Gasteiger partial charge in [-0.2, -0.15) is 0 Å². The van der Waals surface area contributed by atoms with Gasteiger partial charge in [0.2, 0.25) is 5.79 Å². The molecule has 4 atom stereocenters. The normalized spacial score (nSPS) is 40.7. The van der Waals surface area contributed by atoms with Crippen molar-refractivity contribution in [2.45, 2.75) is 55.5 Å². The number of phenolic OH excluding ortho intramolecular Hbond substituents is 1. The molecular formula is C18H23NO4. The predicted molar refractivity (Wildman–Crippen MR) is 83.7 cm³/mol. The van der Waals surface area contributed by atoms with E-state index < -0.39 is 11.9 Å². The summed E-state index contributed by atoms with van der Waals surface area (Å²) in [7, 11) is 3.78. The number of hydrogen-bond donors (Lipinski definition) is 2. The van der Waals surface area contributed by atoms with E-state index in [0.717, 1.165) is 25.8 Å². The van der Waals surface area contributed by atoms with E-state index in [1.165, 1.54) is 16.7 Å². The van der Waals surface area contributed by atoms with Crippen LogP contribution in [0.25, 0.3) is 0 Å². The molecule has 2 unspecified atom stereocenters. The molecule has 2 heterocycles. The molecule has 2 aliphatic carbocycles. The van der Waals surface area contributed by atoms with Crippen LogP contribution in [0.4, 0.5) is 0 Å². The Kier molecular flexibility index (Phi) is 2.57. The maximum absolute atomic E-state index is 10.6. The molecule has 2 aliphatic heterocycles. The Labute approximate surface area is 135 Å². The molecular weight excluding hydrogens is 294 g/mol. The number of ether oxygens (including phenoxy) is 2. The van der Waals surface area contributed by atoms with Crippen molar-refractivity contribution in [2.75, 3.05) is 20.7 Å². The molecule has 2 bridgehead atoms. The smallest absolute Gasteiger partial charge is 0.237 e. The Morgan fingerprint density at radius 3 is 3.04 bits per heavy atom. The number of phenols is 1. The average Bonchev–Trinajstić information content (AvgIpc) is 2.88. The fourth-order valence-corrected chi connectivity index (χ4v) is 5.56. The van der Waals surface area contributed by atoms with E-state index in [1.807, 2.05) is 6.07 Å². The minimum absolute atomic E-state index is 0.0467. The largest absolute Gasteiger partial charge is 0.504 e. The maximum Gasteiger partial charge on any atom is 0.237 e. The van der Waals surface area contributed by atoms with Gasteiger partial charge in [0.25, 0.3) is 0 Å². The Hall–Kier alpha value is -1.30. The molecule has 2 N–H and O–H groups in total. The van der Waals surface area contributed by atoms with Crippen molar-refractivity contribution >= 4 is 0 Å². The van der Waals surface area contributed by atoms with Crippen LogP contribution in [0.3, 0.4) is 0 Å². The van der Waals surface area contributed by atoms with E-state index in [1.54, 1.807) is 7.11 Å². The zero-order valence-corrected chi connectivity index (χ0v) is 13.6. The van der Waals surface area contributed by atoms with Gasteiger partial charge in [0.05, 0.1) is 0 Å². The van der Waals surface area contributed by atoms with Gasteiger partial charge in [0.1, 0.15) is 6.10 Å². The first-order valence-corrected chi connectivity index (χ1v) is 8.51. The molecule has 0 radical (unpaired) electrons. The van der Waals surface area contributed by atoms with E-state index in [-0.39, 0.29) is 11.2 Å². The first-order chi connectivity index (χ1) is 11.0. The Balaban J connectivity index is 1.79. The number of aromatic hydroxyl groups is 1. The number of benzene rings is 1. The van der Waals surface area contributed by atoms with Crippen molar-refractivity contribution in [2.24, 2.45) is 0 Å². The van der Waals surface area contributed by atoms with Gasteiger partial charge in [-0.1, -0.05) is 0 Å². The van der Waals surface area contributed by atoms with Crippen molar-refractivity contribution < 1.29 is 19.7 Å². The van der Waals surface area contributed by atoms with Crippen molar-refractivity contribution in [1.82, 2.24) is 4.90 Å². The summed E-state index contributed by atoms with van der Waals surface area (Å²) >= 11 is 0. The third-order valence-corrected chi connectivity index (χ3v) is 6.71. The molecule has 0 saturated heterocycles. The summed E-state index contributed by atoms with van der Waals surface area (Å²) in [5.41, 5.74) is 3.78. The highest BCUT2D eigenvalue weighted by atomic mass is 16.7. The van der Waals surface area contributed by atoms with Crippen LogP contribution >= 0.6 is 0 Å². The highest BCUT2D eigenvalue weighted by molar-refractivity contribution is 5.63. The fourth-order valence-electron chi connectivity index (χ4n) is 5.56. The van der Waals surface area contributed by atoms with Crippen LogP contribution in [-0.2, 0) is 16.6 Å². The number of aliphatic hydroxyl groups is 1. The molecule has 4 aliphatic rings. The lowest BCUT2D eigenvalue weighted by Crippen LogP contribution is -2.59. The van der Waals surface area contributed by atoms with Crippen LogP contribution in [0.15, 0.2) is 6.07 Å². The number of likely N-dealkylation sites (N-methyl/N-ethyl adjacent to an activating group) is 1. The quantitative estimate of drug-likeness (QED) is 0.827. The highest BCUT2D eigenvalue weighted by Crippen LogP contribution is 2.65. The van der Waals surface area contributed by atoms with Crippen molar-refractivity contribution in [1.29, 1.82) is 0 Å². The molecule has 1 aromatic carbocycles. The predicted octanol–water partition coefficient (Wildman–Crippen LogP) is 1.84. The van der Waals surface area contributed by atoms with E-state index >= 15 is 0 Å². The van der Waals surface area contributed by atoms with Crippen LogP contribution in [0.5, 0.6) is 11.5 Å². The van der Waals surface area contributed by atoms with Gasteiger partial charge in [-0.3, -0.25) is 4.90 Å². The molecule has 1 fully saturated rings. The highest BCUT2D eigenvalue weighted by Gasteiger charge is 2.62. The van der Waals surface area contributed by atoms with E-state index in [2.05, 4.69) is 11.9 Å². The molecule has 5 heteroatoms. The summed E-state index contributed by atoms with van der Waals surface area (Å²) in [5, 5.41) is 21.1. The number of nitrogens with zero attached hydrogens (tertiary/aromatic N) is 1. The molecule has 1 saturated carbocycles. The van der Waals surface area contributed by atoms with E-state index in [9.17, 15) is 10.2 Å².